The summed E-state index contributed by atoms with van der Waals surface area (Å²) in [5, 5.41) is -0.916. The van der Waals surface area contributed by atoms with Gasteiger partial charge in [0, 0.05) is 12.1 Å². The minimum atomic E-state index is -4.93. The molecule has 92 valence electrons. The van der Waals surface area contributed by atoms with E-state index in [0.29, 0.717) is 0 Å². The summed E-state index contributed by atoms with van der Waals surface area (Å²) in [4.78, 5) is -1.39. The number of thiophene rings is 1. The van der Waals surface area contributed by atoms with E-state index < -0.39 is 39.9 Å². The highest BCUT2D eigenvalue weighted by atomic mass is 32.1. The second-order valence-electron chi connectivity index (χ2n) is 2.85. The second-order valence-corrected chi connectivity index (χ2v) is 3.90. The topological polar surface area (TPSA) is 52.0 Å². The van der Waals surface area contributed by atoms with Crippen LogP contribution in [0.4, 0.5) is 31.3 Å². The summed E-state index contributed by atoms with van der Waals surface area (Å²) in [6.07, 6.45) is -9.81. The lowest BCUT2D eigenvalue weighted by atomic mass is 10.1. The quantitative estimate of drug-likeness (QED) is 0.766. The lowest BCUT2D eigenvalue weighted by Crippen LogP contribution is -2.15. The van der Waals surface area contributed by atoms with Gasteiger partial charge in [0.1, 0.15) is 4.88 Å². The third-order valence-electron chi connectivity index (χ3n) is 1.78. The molecule has 0 aromatic carbocycles. The Balaban J connectivity index is 3.48. The van der Waals surface area contributed by atoms with Crippen molar-refractivity contribution >= 4 is 16.3 Å². The fourth-order valence-corrected chi connectivity index (χ4v) is 2.20. The minimum absolute atomic E-state index is 0.148. The highest BCUT2D eigenvalue weighted by Gasteiger charge is 2.44. The predicted octanol–water partition coefficient (Wildman–Crippen LogP) is 2.83. The maximum absolute atomic E-state index is 12.4. The second kappa shape index (κ2) is 3.81. The van der Waals surface area contributed by atoms with Crippen molar-refractivity contribution in [2.24, 2.45) is 5.73 Å². The number of hydrogen-bond acceptors (Lipinski definition) is 3. The molecule has 4 N–H and O–H groups in total. The van der Waals surface area contributed by atoms with Gasteiger partial charge in [-0.15, -0.1) is 11.3 Å². The molecule has 0 spiro atoms. The van der Waals surface area contributed by atoms with Crippen molar-refractivity contribution in [1.29, 1.82) is 0 Å². The summed E-state index contributed by atoms with van der Waals surface area (Å²) < 4.78 is 74.3. The SMILES string of the molecule is NCc1c(C(F)(F)F)sc(N)c1C(F)(F)F. The highest BCUT2D eigenvalue weighted by molar-refractivity contribution is 7.16. The van der Waals surface area contributed by atoms with Gasteiger partial charge in [0.25, 0.3) is 0 Å². The molecule has 9 heteroatoms. The maximum atomic E-state index is 12.4. The highest BCUT2D eigenvalue weighted by Crippen LogP contribution is 2.47. The number of anilines is 1. The smallest absolute Gasteiger partial charge is 0.390 e. The first-order chi connectivity index (χ1) is 7.09. The van der Waals surface area contributed by atoms with Gasteiger partial charge in [-0.2, -0.15) is 26.3 Å². The molecular formula is C7H6F6N2S. The molecule has 0 atom stereocenters. The van der Waals surface area contributed by atoms with Gasteiger partial charge in [0.2, 0.25) is 0 Å². The van der Waals surface area contributed by atoms with Crippen LogP contribution in [0.1, 0.15) is 16.0 Å². The zero-order valence-electron chi connectivity index (χ0n) is 7.54. The van der Waals surface area contributed by atoms with Gasteiger partial charge < -0.3 is 11.5 Å². The average molecular weight is 264 g/mol. The van der Waals surface area contributed by atoms with E-state index in [-0.39, 0.29) is 11.3 Å². The first kappa shape index (κ1) is 13.1. The number of rotatable bonds is 1. The van der Waals surface area contributed by atoms with Crippen LogP contribution in [-0.4, -0.2) is 0 Å². The Kier molecular flexibility index (Phi) is 3.12. The van der Waals surface area contributed by atoms with Crippen LogP contribution in [0, 0.1) is 0 Å². The van der Waals surface area contributed by atoms with E-state index in [1.807, 2.05) is 0 Å². The van der Waals surface area contributed by atoms with Gasteiger partial charge in [-0.05, 0) is 0 Å². The molecule has 1 aromatic rings. The van der Waals surface area contributed by atoms with Crippen molar-refractivity contribution in [1.82, 2.24) is 0 Å². The largest absolute Gasteiger partial charge is 0.426 e. The van der Waals surface area contributed by atoms with Gasteiger partial charge in [-0.3, -0.25) is 0 Å². The molecule has 0 saturated heterocycles. The van der Waals surface area contributed by atoms with Gasteiger partial charge in [-0.1, -0.05) is 0 Å². The summed E-state index contributed by atoms with van der Waals surface area (Å²) in [5.74, 6) is 0. The van der Waals surface area contributed by atoms with E-state index in [9.17, 15) is 26.3 Å². The predicted molar refractivity (Wildman–Crippen MR) is 46.6 cm³/mol. The van der Waals surface area contributed by atoms with Crippen LogP contribution in [-0.2, 0) is 18.9 Å². The zero-order valence-corrected chi connectivity index (χ0v) is 8.35. The van der Waals surface area contributed by atoms with Crippen LogP contribution in [0.5, 0.6) is 0 Å². The Hall–Kier alpha value is -0.960. The van der Waals surface area contributed by atoms with Crippen molar-refractivity contribution in [3.63, 3.8) is 0 Å². The normalized spacial score (nSPS) is 13.2. The summed E-state index contributed by atoms with van der Waals surface area (Å²) in [6, 6.07) is 0. The van der Waals surface area contributed by atoms with E-state index in [0.717, 1.165) is 0 Å². The van der Waals surface area contributed by atoms with Crippen LogP contribution in [0.15, 0.2) is 0 Å². The minimum Gasteiger partial charge on any atom is -0.390 e. The Morgan fingerprint density at radius 3 is 1.81 bits per heavy atom. The number of alkyl halides is 6. The number of hydrogen-bond donors (Lipinski definition) is 2. The van der Waals surface area contributed by atoms with Crippen LogP contribution >= 0.6 is 11.3 Å². The van der Waals surface area contributed by atoms with Crippen LogP contribution in [0.25, 0.3) is 0 Å². The van der Waals surface area contributed by atoms with Gasteiger partial charge >= 0.3 is 12.4 Å². The van der Waals surface area contributed by atoms with Crippen molar-refractivity contribution in [3.05, 3.63) is 16.0 Å². The molecular weight excluding hydrogens is 258 g/mol. The van der Waals surface area contributed by atoms with Crippen molar-refractivity contribution in [3.8, 4) is 0 Å². The number of halogens is 6. The van der Waals surface area contributed by atoms with Gasteiger partial charge in [-0.25, -0.2) is 0 Å². The summed E-state index contributed by atoms with van der Waals surface area (Å²) in [7, 11) is 0. The molecule has 0 unspecified atom stereocenters. The molecule has 0 bridgehead atoms. The molecule has 16 heavy (non-hydrogen) atoms. The molecule has 0 aliphatic heterocycles. The molecule has 0 aliphatic carbocycles. The van der Waals surface area contributed by atoms with E-state index in [2.05, 4.69) is 0 Å². The van der Waals surface area contributed by atoms with Crippen LogP contribution < -0.4 is 11.5 Å². The summed E-state index contributed by atoms with van der Waals surface area (Å²) in [6.45, 7) is -0.864. The van der Waals surface area contributed by atoms with Crippen LogP contribution in [0.3, 0.4) is 0 Å². The van der Waals surface area contributed by atoms with Gasteiger partial charge in [0.15, 0.2) is 0 Å². The number of nitrogens with two attached hydrogens (primary N) is 2. The Morgan fingerprint density at radius 2 is 1.50 bits per heavy atom. The molecule has 1 rings (SSSR count). The van der Waals surface area contributed by atoms with Crippen molar-refractivity contribution in [2.45, 2.75) is 18.9 Å². The van der Waals surface area contributed by atoms with E-state index in [1.165, 1.54) is 0 Å². The first-order valence-corrected chi connectivity index (χ1v) is 4.66. The van der Waals surface area contributed by atoms with Crippen molar-refractivity contribution in [2.75, 3.05) is 5.73 Å². The summed E-state index contributed by atoms with van der Waals surface area (Å²) in [5.41, 5.74) is 7.38. The van der Waals surface area contributed by atoms with E-state index >= 15 is 0 Å². The molecule has 2 nitrogen and oxygen atoms in total. The molecule has 1 aromatic heterocycles. The maximum Gasteiger partial charge on any atom is 0.426 e. The molecule has 0 fully saturated rings. The van der Waals surface area contributed by atoms with Gasteiger partial charge in [0.05, 0.1) is 10.6 Å². The third-order valence-corrected chi connectivity index (χ3v) is 2.89. The fraction of sp³-hybridized carbons (Fsp3) is 0.429. The first-order valence-electron chi connectivity index (χ1n) is 3.84. The Bertz CT molecular complexity index is 391. The molecule has 0 amide bonds. The van der Waals surface area contributed by atoms with E-state index in [4.69, 9.17) is 11.5 Å². The standard InChI is InChI=1S/C7H6F6N2S/c8-6(9,10)3-2(1-14)4(7(11,12)13)16-5(3)15/h1,14-15H2. The molecule has 0 radical (unpaired) electrons. The monoisotopic (exact) mass is 264 g/mol. The van der Waals surface area contributed by atoms with E-state index in [1.54, 1.807) is 0 Å². The Morgan fingerprint density at radius 1 is 1.00 bits per heavy atom. The fourth-order valence-electron chi connectivity index (χ4n) is 1.22. The zero-order chi connectivity index (χ0) is 12.7. The third kappa shape index (κ3) is 2.24. The average Bonchev–Trinajstić information content (AvgIpc) is 2.40. The molecule has 0 aliphatic rings. The lowest BCUT2D eigenvalue weighted by molar-refractivity contribution is -0.141. The lowest BCUT2D eigenvalue weighted by Gasteiger charge is -2.10. The van der Waals surface area contributed by atoms with Crippen LogP contribution in [0.2, 0.25) is 0 Å². The summed E-state index contributed by atoms with van der Waals surface area (Å²) >= 11 is -0.148. The number of nitrogen functional groups attached to an aromatic ring is 1. The molecule has 1 heterocycles. The van der Waals surface area contributed by atoms with Crippen molar-refractivity contribution < 1.29 is 26.3 Å². The Labute approximate surface area is 89.8 Å². The molecule has 0 saturated carbocycles.